The minimum Gasteiger partial charge on any atom is -0.339 e. The molecule has 1 aromatic rings. The van der Waals surface area contributed by atoms with Gasteiger partial charge in [0, 0.05) is 20.0 Å². The smallest absolute Gasteiger partial charge is 0.224 e. The monoisotopic (exact) mass is 292 g/mol. The number of nitrogens with zero attached hydrogens (tertiary/aromatic N) is 1. The topological polar surface area (TPSA) is 32.3 Å². The van der Waals surface area contributed by atoms with Gasteiger partial charge in [-0.15, -0.1) is 12.4 Å². The maximum atomic E-state index is 13.1. The molecule has 0 saturated carbocycles. The fourth-order valence-corrected chi connectivity index (χ4v) is 1.62. The van der Waals surface area contributed by atoms with Gasteiger partial charge >= 0.3 is 0 Å². The number of carbonyl (C=O) groups is 1. The first-order valence-electron chi connectivity index (χ1n) is 5.82. The Morgan fingerprint density at radius 3 is 2.53 bits per heavy atom. The number of nitrogens with one attached hydrogen (secondary N) is 1. The molecule has 19 heavy (non-hydrogen) atoms. The molecular weight excluding hydrogens is 274 g/mol. The van der Waals surface area contributed by atoms with E-state index in [0.29, 0.717) is 18.5 Å². The maximum absolute atomic E-state index is 13.1. The van der Waals surface area contributed by atoms with Crippen molar-refractivity contribution < 1.29 is 13.6 Å². The Balaban J connectivity index is 0.00000324. The van der Waals surface area contributed by atoms with Gasteiger partial charge in [-0.1, -0.05) is 6.07 Å². The Labute approximate surface area is 118 Å². The standard InChI is InChI=1S/C13H18F2N2O.ClH/c1-9(17(3)13(18)6-7-16-2)10-4-5-11(14)12(15)8-10;/h4-5,8-9,16H,6-7H2,1-3H3;1H. The molecule has 0 heterocycles. The first-order chi connectivity index (χ1) is 8.47. The first-order valence-corrected chi connectivity index (χ1v) is 5.82. The molecule has 1 N–H and O–H groups in total. The molecule has 0 aromatic heterocycles. The first kappa shape index (κ1) is 17.8. The van der Waals surface area contributed by atoms with E-state index in [-0.39, 0.29) is 24.4 Å². The maximum Gasteiger partial charge on any atom is 0.224 e. The highest BCUT2D eigenvalue weighted by Crippen LogP contribution is 2.21. The molecule has 6 heteroatoms. The average Bonchev–Trinajstić information content (AvgIpc) is 2.37. The van der Waals surface area contributed by atoms with Crippen LogP contribution in [0.4, 0.5) is 8.78 Å². The van der Waals surface area contributed by atoms with E-state index in [9.17, 15) is 13.6 Å². The molecule has 1 atom stereocenters. The zero-order chi connectivity index (χ0) is 13.7. The zero-order valence-electron chi connectivity index (χ0n) is 11.2. The molecule has 3 nitrogen and oxygen atoms in total. The third kappa shape index (κ3) is 4.76. The largest absolute Gasteiger partial charge is 0.339 e. The lowest BCUT2D eigenvalue weighted by molar-refractivity contribution is -0.131. The predicted octanol–water partition coefficient (Wildman–Crippen LogP) is 2.52. The lowest BCUT2D eigenvalue weighted by Crippen LogP contribution is -2.31. The van der Waals surface area contributed by atoms with Crippen LogP contribution >= 0.6 is 12.4 Å². The van der Waals surface area contributed by atoms with Crippen LogP contribution in [0.1, 0.15) is 24.9 Å². The van der Waals surface area contributed by atoms with Crippen LogP contribution in [0.5, 0.6) is 0 Å². The van der Waals surface area contributed by atoms with Gasteiger partial charge < -0.3 is 10.2 Å². The van der Waals surface area contributed by atoms with E-state index in [2.05, 4.69) is 5.32 Å². The number of carbonyl (C=O) groups excluding carboxylic acids is 1. The van der Waals surface area contributed by atoms with Crippen molar-refractivity contribution in [2.45, 2.75) is 19.4 Å². The van der Waals surface area contributed by atoms with Gasteiger partial charge in [-0.2, -0.15) is 0 Å². The molecule has 1 aromatic carbocycles. The van der Waals surface area contributed by atoms with E-state index in [1.165, 1.54) is 11.0 Å². The van der Waals surface area contributed by atoms with E-state index >= 15 is 0 Å². The van der Waals surface area contributed by atoms with Gasteiger partial charge in [0.2, 0.25) is 5.91 Å². The van der Waals surface area contributed by atoms with Crippen molar-refractivity contribution in [2.24, 2.45) is 0 Å². The second kappa shape index (κ2) is 8.07. The van der Waals surface area contributed by atoms with Crippen LogP contribution in [-0.2, 0) is 4.79 Å². The van der Waals surface area contributed by atoms with Crippen LogP contribution < -0.4 is 5.32 Å². The van der Waals surface area contributed by atoms with Gasteiger partial charge in [-0.25, -0.2) is 8.78 Å². The Kier molecular flexibility index (Phi) is 7.56. The van der Waals surface area contributed by atoms with Gasteiger partial charge in [-0.3, -0.25) is 4.79 Å². The summed E-state index contributed by atoms with van der Waals surface area (Å²) in [6.45, 7) is 2.37. The van der Waals surface area contributed by atoms with Crippen LogP contribution in [0.25, 0.3) is 0 Å². The number of rotatable bonds is 5. The molecule has 0 aliphatic carbocycles. The summed E-state index contributed by atoms with van der Waals surface area (Å²) < 4.78 is 25.9. The highest BCUT2D eigenvalue weighted by Gasteiger charge is 2.18. The fourth-order valence-electron chi connectivity index (χ4n) is 1.62. The summed E-state index contributed by atoms with van der Waals surface area (Å²) in [5.41, 5.74) is 0.578. The minimum atomic E-state index is -0.893. The summed E-state index contributed by atoms with van der Waals surface area (Å²) in [5.74, 6) is -1.81. The molecule has 1 rings (SSSR count). The van der Waals surface area contributed by atoms with E-state index in [0.717, 1.165) is 12.1 Å². The average molecular weight is 293 g/mol. The number of hydrogen-bond donors (Lipinski definition) is 1. The van der Waals surface area contributed by atoms with Crippen molar-refractivity contribution in [2.75, 3.05) is 20.6 Å². The van der Waals surface area contributed by atoms with Crippen molar-refractivity contribution in [1.82, 2.24) is 10.2 Å². The van der Waals surface area contributed by atoms with Crippen LogP contribution in [0.15, 0.2) is 18.2 Å². The molecule has 0 aliphatic rings. The lowest BCUT2D eigenvalue weighted by Gasteiger charge is -2.25. The van der Waals surface area contributed by atoms with Gasteiger partial charge in [0.15, 0.2) is 11.6 Å². The number of benzene rings is 1. The molecule has 0 spiro atoms. The Morgan fingerprint density at radius 1 is 1.37 bits per heavy atom. The van der Waals surface area contributed by atoms with Crippen molar-refractivity contribution in [3.8, 4) is 0 Å². The van der Waals surface area contributed by atoms with Gasteiger partial charge in [0.1, 0.15) is 0 Å². The van der Waals surface area contributed by atoms with Crippen molar-refractivity contribution >= 4 is 18.3 Å². The normalized spacial score (nSPS) is 11.6. The summed E-state index contributed by atoms with van der Waals surface area (Å²) in [6, 6.07) is 3.41. The van der Waals surface area contributed by atoms with Crippen LogP contribution in [0.3, 0.4) is 0 Å². The molecule has 0 fully saturated rings. The lowest BCUT2D eigenvalue weighted by atomic mass is 10.1. The van der Waals surface area contributed by atoms with E-state index in [1.807, 2.05) is 0 Å². The predicted molar refractivity (Wildman–Crippen MR) is 73.3 cm³/mol. The van der Waals surface area contributed by atoms with Crippen molar-refractivity contribution in [3.05, 3.63) is 35.4 Å². The molecule has 0 bridgehead atoms. The number of hydrogen-bond acceptors (Lipinski definition) is 2. The third-order valence-electron chi connectivity index (χ3n) is 2.99. The Bertz CT molecular complexity index is 429. The molecule has 0 radical (unpaired) electrons. The van der Waals surface area contributed by atoms with E-state index < -0.39 is 11.6 Å². The highest BCUT2D eigenvalue weighted by atomic mass is 35.5. The molecule has 0 saturated heterocycles. The highest BCUT2D eigenvalue weighted by molar-refractivity contribution is 5.85. The number of halogens is 3. The third-order valence-corrected chi connectivity index (χ3v) is 2.99. The quantitative estimate of drug-likeness (QED) is 0.904. The van der Waals surface area contributed by atoms with Crippen molar-refractivity contribution in [3.63, 3.8) is 0 Å². The van der Waals surface area contributed by atoms with Gasteiger partial charge in [0.05, 0.1) is 6.04 Å². The second-order valence-corrected chi connectivity index (χ2v) is 4.21. The molecule has 0 aliphatic heterocycles. The Hall–Kier alpha value is -1.20. The molecule has 108 valence electrons. The van der Waals surface area contributed by atoms with Crippen molar-refractivity contribution in [1.29, 1.82) is 0 Å². The summed E-state index contributed by atoms with van der Waals surface area (Å²) in [4.78, 5) is 13.3. The van der Waals surface area contributed by atoms with Crippen LogP contribution in [-0.4, -0.2) is 31.4 Å². The SMILES string of the molecule is CNCCC(=O)N(C)C(C)c1ccc(F)c(F)c1.Cl. The van der Waals surface area contributed by atoms with E-state index in [1.54, 1.807) is 21.0 Å². The molecule has 1 unspecified atom stereocenters. The van der Waals surface area contributed by atoms with Gasteiger partial charge in [-0.05, 0) is 31.7 Å². The van der Waals surface area contributed by atoms with E-state index in [4.69, 9.17) is 0 Å². The summed E-state index contributed by atoms with van der Waals surface area (Å²) in [6.07, 6.45) is 0.376. The zero-order valence-corrected chi connectivity index (χ0v) is 12.1. The summed E-state index contributed by atoms with van der Waals surface area (Å²) in [7, 11) is 3.43. The fraction of sp³-hybridized carbons (Fsp3) is 0.462. The summed E-state index contributed by atoms with van der Waals surface area (Å²) in [5, 5.41) is 2.89. The molecule has 1 amide bonds. The second-order valence-electron chi connectivity index (χ2n) is 4.21. The van der Waals surface area contributed by atoms with Crippen LogP contribution in [0.2, 0.25) is 0 Å². The van der Waals surface area contributed by atoms with Gasteiger partial charge in [0.25, 0.3) is 0 Å². The van der Waals surface area contributed by atoms with Crippen LogP contribution in [0, 0.1) is 11.6 Å². The molecular formula is C13H19ClF2N2O. The minimum absolute atomic E-state index is 0. The number of amides is 1. The Morgan fingerprint density at radius 2 is 2.00 bits per heavy atom. The summed E-state index contributed by atoms with van der Waals surface area (Å²) >= 11 is 0.